The van der Waals surface area contributed by atoms with Gasteiger partial charge in [0.2, 0.25) is 0 Å². The Morgan fingerprint density at radius 1 is 1.36 bits per heavy atom. The number of nitrogens with zero attached hydrogens (tertiary/aromatic N) is 1. The van der Waals surface area contributed by atoms with Crippen LogP contribution in [-0.2, 0) is 4.74 Å². The van der Waals surface area contributed by atoms with Crippen LogP contribution in [-0.4, -0.2) is 25.8 Å². The minimum Gasteiger partial charge on any atom is -0.381 e. The highest BCUT2D eigenvalue weighted by molar-refractivity contribution is 4.79. The highest BCUT2D eigenvalue weighted by atomic mass is 16.5. The van der Waals surface area contributed by atoms with Crippen molar-refractivity contribution in [3.05, 3.63) is 0 Å². The maximum absolute atomic E-state index is 8.53. The summed E-state index contributed by atoms with van der Waals surface area (Å²) in [6.45, 7) is 6.84. The second-order valence-electron chi connectivity index (χ2n) is 3.39. The van der Waals surface area contributed by atoms with Crippen LogP contribution >= 0.6 is 0 Å². The molecule has 0 aliphatic carbocycles. The van der Waals surface area contributed by atoms with Gasteiger partial charge in [0.05, 0.1) is 12.5 Å². The quantitative estimate of drug-likeness (QED) is 0.577. The molecule has 1 unspecified atom stereocenters. The molecule has 0 aliphatic rings. The Bertz CT molecular complexity index is 154. The zero-order chi connectivity index (χ0) is 10.6. The molecule has 0 saturated carbocycles. The highest BCUT2D eigenvalue weighted by Crippen LogP contribution is 1.95. The van der Waals surface area contributed by atoms with E-state index in [2.05, 4.69) is 25.2 Å². The zero-order valence-electron chi connectivity index (χ0n) is 9.38. The summed E-state index contributed by atoms with van der Waals surface area (Å²) in [5.74, 6) is 0. The molecular weight excluding hydrogens is 176 g/mol. The van der Waals surface area contributed by atoms with Gasteiger partial charge in [0.25, 0.3) is 0 Å². The lowest BCUT2D eigenvalue weighted by Gasteiger charge is -2.12. The normalized spacial score (nSPS) is 12.4. The Morgan fingerprint density at radius 3 is 2.71 bits per heavy atom. The summed E-state index contributed by atoms with van der Waals surface area (Å²) >= 11 is 0. The molecule has 82 valence electrons. The van der Waals surface area contributed by atoms with Crippen molar-refractivity contribution in [1.29, 1.82) is 5.26 Å². The maximum atomic E-state index is 8.53. The second kappa shape index (κ2) is 10.5. The standard InChI is InChI=1S/C11H22N2O/c1-3-9-14-10-5-8-13-11(4-2)6-7-12/h11,13H,3-6,8-10H2,1-2H3. The van der Waals surface area contributed by atoms with Gasteiger partial charge in [-0.3, -0.25) is 0 Å². The van der Waals surface area contributed by atoms with Crippen LogP contribution in [0.2, 0.25) is 0 Å². The van der Waals surface area contributed by atoms with Crippen LogP contribution in [0.1, 0.15) is 39.5 Å². The fraction of sp³-hybridized carbons (Fsp3) is 0.909. The number of rotatable bonds is 9. The first-order valence-corrected chi connectivity index (χ1v) is 5.53. The smallest absolute Gasteiger partial charge is 0.0638 e. The first kappa shape index (κ1) is 13.4. The predicted molar refractivity (Wildman–Crippen MR) is 58.0 cm³/mol. The van der Waals surface area contributed by atoms with Crippen LogP contribution in [0.3, 0.4) is 0 Å². The Morgan fingerprint density at radius 2 is 2.14 bits per heavy atom. The van der Waals surface area contributed by atoms with Crippen LogP contribution in [0.5, 0.6) is 0 Å². The molecule has 0 aromatic rings. The van der Waals surface area contributed by atoms with Gasteiger partial charge in [-0.1, -0.05) is 13.8 Å². The first-order chi connectivity index (χ1) is 6.85. The third-order valence-electron chi connectivity index (χ3n) is 2.08. The van der Waals surface area contributed by atoms with Crippen molar-refractivity contribution in [2.45, 2.75) is 45.6 Å². The van der Waals surface area contributed by atoms with E-state index >= 15 is 0 Å². The van der Waals surface area contributed by atoms with Gasteiger partial charge in [0.15, 0.2) is 0 Å². The van der Waals surface area contributed by atoms with Crippen molar-refractivity contribution >= 4 is 0 Å². The maximum Gasteiger partial charge on any atom is 0.0638 e. The highest BCUT2D eigenvalue weighted by Gasteiger charge is 2.02. The Labute approximate surface area is 87.4 Å². The Kier molecular flexibility index (Phi) is 10.0. The Balaban J connectivity index is 3.21. The molecule has 1 N–H and O–H groups in total. The summed E-state index contributed by atoms with van der Waals surface area (Å²) in [6.07, 6.45) is 3.73. The number of nitriles is 1. The average molecular weight is 198 g/mol. The predicted octanol–water partition coefficient (Wildman–Crippen LogP) is 2.08. The van der Waals surface area contributed by atoms with E-state index in [0.29, 0.717) is 12.5 Å². The van der Waals surface area contributed by atoms with Gasteiger partial charge in [-0.2, -0.15) is 5.26 Å². The molecule has 0 saturated heterocycles. The number of nitrogens with one attached hydrogen (secondary N) is 1. The molecule has 0 amide bonds. The molecule has 1 atom stereocenters. The molecule has 3 nitrogen and oxygen atoms in total. The summed E-state index contributed by atoms with van der Waals surface area (Å²) in [4.78, 5) is 0. The molecule has 0 bridgehead atoms. The van der Waals surface area contributed by atoms with E-state index in [9.17, 15) is 0 Å². The van der Waals surface area contributed by atoms with Gasteiger partial charge < -0.3 is 10.1 Å². The third kappa shape index (κ3) is 8.03. The summed E-state index contributed by atoms with van der Waals surface area (Å²) in [5.41, 5.74) is 0. The summed E-state index contributed by atoms with van der Waals surface area (Å²) < 4.78 is 5.35. The molecule has 0 fully saturated rings. The van der Waals surface area contributed by atoms with Crippen molar-refractivity contribution < 1.29 is 4.74 Å². The topological polar surface area (TPSA) is 45.0 Å². The Hall–Kier alpha value is -0.590. The molecule has 0 heterocycles. The molecule has 14 heavy (non-hydrogen) atoms. The van der Waals surface area contributed by atoms with Crippen LogP contribution < -0.4 is 5.32 Å². The van der Waals surface area contributed by atoms with Gasteiger partial charge in [-0.15, -0.1) is 0 Å². The van der Waals surface area contributed by atoms with E-state index in [1.807, 2.05) is 0 Å². The van der Waals surface area contributed by atoms with Crippen molar-refractivity contribution in [2.75, 3.05) is 19.8 Å². The largest absolute Gasteiger partial charge is 0.381 e. The van der Waals surface area contributed by atoms with Gasteiger partial charge in [-0.25, -0.2) is 0 Å². The molecule has 0 rings (SSSR count). The van der Waals surface area contributed by atoms with E-state index in [0.717, 1.165) is 39.0 Å². The van der Waals surface area contributed by atoms with Crippen molar-refractivity contribution in [2.24, 2.45) is 0 Å². The number of ether oxygens (including phenoxy) is 1. The van der Waals surface area contributed by atoms with Crippen LogP contribution in [0.25, 0.3) is 0 Å². The molecule has 3 heteroatoms. The van der Waals surface area contributed by atoms with Crippen LogP contribution in [0, 0.1) is 11.3 Å². The van der Waals surface area contributed by atoms with Crippen LogP contribution in [0.4, 0.5) is 0 Å². The molecule has 0 radical (unpaired) electrons. The molecule has 0 aromatic heterocycles. The van der Waals surface area contributed by atoms with E-state index < -0.39 is 0 Å². The lowest BCUT2D eigenvalue weighted by atomic mass is 10.1. The van der Waals surface area contributed by atoms with Gasteiger partial charge in [0, 0.05) is 19.3 Å². The van der Waals surface area contributed by atoms with Gasteiger partial charge in [0.1, 0.15) is 0 Å². The van der Waals surface area contributed by atoms with Gasteiger partial charge >= 0.3 is 0 Å². The molecule has 0 aliphatic heterocycles. The fourth-order valence-corrected chi connectivity index (χ4v) is 1.20. The molecular formula is C11H22N2O. The van der Waals surface area contributed by atoms with E-state index in [1.165, 1.54) is 0 Å². The first-order valence-electron chi connectivity index (χ1n) is 5.53. The van der Waals surface area contributed by atoms with Crippen LogP contribution in [0.15, 0.2) is 0 Å². The van der Waals surface area contributed by atoms with E-state index in [-0.39, 0.29) is 0 Å². The number of hydrogen-bond acceptors (Lipinski definition) is 3. The lowest BCUT2D eigenvalue weighted by Crippen LogP contribution is -2.29. The zero-order valence-corrected chi connectivity index (χ0v) is 9.38. The number of hydrogen-bond donors (Lipinski definition) is 1. The van der Waals surface area contributed by atoms with Crippen molar-refractivity contribution in [3.63, 3.8) is 0 Å². The lowest BCUT2D eigenvalue weighted by molar-refractivity contribution is 0.131. The summed E-state index contributed by atoms with van der Waals surface area (Å²) in [5, 5.41) is 11.9. The molecule has 0 aromatic carbocycles. The SMILES string of the molecule is CCCOCCCNC(CC)CC#N. The van der Waals surface area contributed by atoms with Crippen molar-refractivity contribution in [1.82, 2.24) is 5.32 Å². The fourth-order valence-electron chi connectivity index (χ4n) is 1.20. The minimum atomic E-state index is 0.353. The minimum absolute atomic E-state index is 0.353. The average Bonchev–Trinajstić information content (AvgIpc) is 2.21. The second-order valence-corrected chi connectivity index (χ2v) is 3.39. The van der Waals surface area contributed by atoms with Gasteiger partial charge in [-0.05, 0) is 25.8 Å². The summed E-state index contributed by atoms with van der Waals surface area (Å²) in [7, 11) is 0. The molecule has 0 spiro atoms. The van der Waals surface area contributed by atoms with E-state index in [4.69, 9.17) is 10.00 Å². The van der Waals surface area contributed by atoms with Crippen molar-refractivity contribution in [3.8, 4) is 6.07 Å². The third-order valence-corrected chi connectivity index (χ3v) is 2.08. The van der Waals surface area contributed by atoms with E-state index in [1.54, 1.807) is 0 Å². The monoisotopic (exact) mass is 198 g/mol. The summed E-state index contributed by atoms with van der Waals surface area (Å²) in [6, 6.07) is 2.54.